The summed E-state index contributed by atoms with van der Waals surface area (Å²) >= 11 is 1.58. The number of carbonyl (C=O) groups excluding carboxylic acids is 1. The normalized spacial score (nSPS) is 21.8. The maximum atomic E-state index is 12.6. The fourth-order valence-corrected chi connectivity index (χ4v) is 3.88. The van der Waals surface area contributed by atoms with Gasteiger partial charge in [-0.05, 0) is 31.0 Å². The van der Waals surface area contributed by atoms with Gasteiger partial charge in [0.05, 0.1) is 4.88 Å². The van der Waals surface area contributed by atoms with Gasteiger partial charge in [0.25, 0.3) is 5.91 Å². The van der Waals surface area contributed by atoms with Gasteiger partial charge in [-0.3, -0.25) is 4.79 Å². The molecule has 0 spiro atoms. The fraction of sp³-hybridized carbons (Fsp3) is 0.353. The lowest BCUT2D eigenvalue weighted by Crippen LogP contribution is -2.31. The Kier molecular flexibility index (Phi) is 3.83. The monoisotopic (exact) mass is 300 g/mol. The number of carbonyl (C=O) groups is 1. The van der Waals surface area contributed by atoms with E-state index in [0.717, 1.165) is 4.88 Å². The molecule has 1 aliphatic heterocycles. The molecule has 0 bridgehead atoms. The molecule has 1 aliphatic rings. The second-order valence-electron chi connectivity index (χ2n) is 5.74. The zero-order valence-electron chi connectivity index (χ0n) is 12.4. The third-order valence-corrected chi connectivity index (χ3v) is 5.40. The van der Waals surface area contributed by atoms with Crippen LogP contribution >= 0.6 is 11.3 Å². The van der Waals surface area contributed by atoms with Crippen molar-refractivity contribution >= 4 is 17.2 Å². The van der Waals surface area contributed by atoms with Crippen LogP contribution in [0.5, 0.6) is 0 Å². The molecular weight excluding hydrogens is 280 g/mol. The van der Waals surface area contributed by atoms with Crippen molar-refractivity contribution in [2.24, 2.45) is 5.73 Å². The average molecular weight is 300 g/mol. The van der Waals surface area contributed by atoms with Crippen molar-refractivity contribution in [3.05, 3.63) is 57.3 Å². The summed E-state index contributed by atoms with van der Waals surface area (Å²) in [5.41, 5.74) is 8.67. The molecule has 1 aromatic heterocycles. The van der Waals surface area contributed by atoms with Crippen LogP contribution in [-0.2, 0) is 0 Å². The second kappa shape index (κ2) is 5.62. The zero-order chi connectivity index (χ0) is 15.0. The number of nitrogens with two attached hydrogens (primary N) is 1. The number of nitrogens with zero attached hydrogens (tertiary/aromatic N) is 1. The molecule has 4 heteroatoms. The summed E-state index contributed by atoms with van der Waals surface area (Å²) in [6.45, 7) is 5.44. The number of hydrogen-bond acceptors (Lipinski definition) is 3. The minimum absolute atomic E-state index is 0.0125. The summed E-state index contributed by atoms with van der Waals surface area (Å²) in [5.74, 6) is 0.349. The van der Waals surface area contributed by atoms with Crippen LogP contribution in [-0.4, -0.2) is 29.9 Å². The second-order valence-corrected chi connectivity index (χ2v) is 7.00. The molecule has 3 nitrogen and oxygen atoms in total. The van der Waals surface area contributed by atoms with Gasteiger partial charge < -0.3 is 10.6 Å². The molecule has 21 heavy (non-hydrogen) atoms. The van der Waals surface area contributed by atoms with E-state index in [-0.39, 0.29) is 17.9 Å². The van der Waals surface area contributed by atoms with E-state index in [2.05, 4.69) is 19.1 Å². The van der Waals surface area contributed by atoms with Crippen LogP contribution in [0.25, 0.3) is 0 Å². The molecule has 2 atom stereocenters. The van der Waals surface area contributed by atoms with E-state index in [9.17, 15) is 4.79 Å². The Bertz CT molecular complexity index is 631. The Morgan fingerprint density at radius 3 is 2.57 bits per heavy atom. The first-order valence-corrected chi connectivity index (χ1v) is 8.04. The SMILES string of the molecule is Cc1cc(C(=O)N2C[C@@H](N)[C@H](c3ccccc3)C2)sc1C. The number of thiophene rings is 1. The highest BCUT2D eigenvalue weighted by atomic mass is 32.1. The molecule has 0 radical (unpaired) electrons. The summed E-state index contributed by atoms with van der Waals surface area (Å²) in [4.78, 5) is 16.5. The minimum atomic E-state index is 0.0125. The summed E-state index contributed by atoms with van der Waals surface area (Å²) in [5, 5.41) is 0. The molecule has 0 unspecified atom stereocenters. The highest BCUT2D eigenvalue weighted by Gasteiger charge is 2.34. The van der Waals surface area contributed by atoms with E-state index in [4.69, 9.17) is 5.73 Å². The van der Waals surface area contributed by atoms with Crippen LogP contribution in [0.15, 0.2) is 36.4 Å². The number of benzene rings is 1. The van der Waals surface area contributed by atoms with E-state index in [0.29, 0.717) is 13.1 Å². The smallest absolute Gasteiger partial charge is 0.264 e. The van der Waals surface area contributed by atoms with Gasteiger partial charge in [0.1, 0.15) is 0 Å². The molecule has 1 aromatic carbocycles. The molecule has 1 fully saturated rings. The van der Waals surface area contributed by atoms with Crippen molar-refractivity contribution in [3.63, 3.8) is 0 Å². The lowest BCUT2D eigenvalue weighted by Gasteiger charge is -2.15. The van der Waals surface area contributed by atoms with Crippen molar-refractivity contribution < 1.29 is 4.79 Å². The minimum Gasteiger partial charge on any atom is -0.336 e. The van der Waals surface area contributed by atoms with Crippen molar-refractivity contribution in [2.75, 3.05) is 13.1 Å². The van der Waals surface area contributed by atoms with E-state index >= 15 is 0 Å². The zero-order valence-corrected chi connectivity index (χ0v) is 13.2. The van der Waals surface area contributed by atoms with Crippen LogP contribution in [0.1, 0.15) is 31.6 Å². The molecule has 3 rings (SSSR count). The lowest BCUT2D eigenvalue weighted by molar-refractivity contribution is 0.0794. The Morgan fingerprint density at radius 2 is 1.95 bits per heavy atom. The molecule has 2 N–H and O–H groups in total. The van der Waals surface area contributed by atoms with Gasteiger partial charge in [0.15, 0.2) is 0 Å². The quantitative estimate of drug-likeness (QED) is 0.927. The largest absolute Gasteiger partial charge is 0.336 e. The molecule has 110 valence electrons. The van der Waals surface area contributed by atoms with Crippen LogP contribution in [0.4, 0.5) is 0 Å². The van der Waals surface area contributed by atoms with Gasteiger partial charge in [0.2, 0.25) is 0 Å². The van der Waals surface area contributed by atoms with E-state index in [1.54, 1.807) is 11.3 Å². The van der Waals surface area contributed by atoms with Crippen molar-refractivity contribution in [3.8, 4) is 0 Å². The average Bonchev–Trinajstić information content (AvgIpc) is 3.03. The van der Waals surface area contributed by atoms with E-state index in [1.165, 1.54) is 16.0 Å². The predicted octanol–water partition coefficient (Wildman–Crippen LogP) is 2.93. The van der Waals surface area contributed by atoms with E-state index < -0.39 is 0 Å². The molecule has 2 aromatic rings. The van der Waals surface area contributed by atoms with Gasteiger partial charge in [0, 0.05) is 29.9 Å². The number of aryl methyl sites for hydroxylation is 2. The predicted molar refractivity (Wildman–Crippen MR) is 86.9 cm³/mol. The number of likely N-dealkylation sites (tertiary alicyclic amines) is 1. The maximum Gasteiger partial charge on any atom is 0.264 e. The Balaban J connectivity index is 1.78. The van der Waals surface area contributed by atoms with Crippen molar-refractivity contribution in [1.29, 1.82) is 0 Å². The lowest BCUT2D eigenvalue weighted by atomic mass is 9.95. The van der Waals surface area contributed by atoms with Crippen LogP contribution in [0, 0.1) is 13.8 Å². The molecule has 0 aliphatic carbocycles. The highest BCUT2D eigenvalue weighted by molar-refractivity contribution is 7.14. The molecule has 1 saturated heterocycles. The number of hydrogen-bond donors (Lipinski definition) is 1. The highest BCUT2D eigenvalue weighted by Crippen LogP contribution is 2.29. The van der Waals surface area contributed by atoms with Gasteiger partial charge >= 0.3 is 0 Å². The first-order chi connectivity index (χ1) is 10.1. The molecule has 1 amide bonds. The van der Waals surface area contributed by atoms with Gasteiger partial charge in [-0.2, -0.15) is 0 Å². The topological polar surface area (TPSA) is 46.3 Å². The fourth-order valence-electron chi connectivity index (χ4n) is 2.88. The Hall–Kier alpha value is -1.65. The molecule has 2 heterocycles. The van der Waals surface area contributed by atoms with Gasteiger partial charge in [-0.15, -0.1) is 11.3 Å². The van der Waals surface area contributed by atoms with Gasteiger partial charge in [-0.25, -0.2) is 0 Å². The number of rotatable bonds is 2. The Labute approximate surface area is 129 Å². The Morgan fingerprint density at radius 1 is 1.24 bits per heavy atom. The maximum absolute atomic E-state index is 12.6. The summed E-state index contributed by atoms with van der Waals surface area (Å²) < 4.78 is 0. The van der Waals surface area contributed by atoms with Gasteiger partial charge in [-0.1, -0.05) is 30.3 Å². The first kappa shape index (κ1) is 14.3. The first-order valence-electron chi connectivity index (χ1n) is 7.23. The van der Waals surface area contributed by atoms with Crippen molar-refractivity contribution in [1.82, 2.24) is 4.90 Å². The standard InChI is InChI=1S/C17H20N2OS/c1-11-8-16(21-12(11)2)17(20)19-9-14(15(18)10-19)13-6-4-3-5-7-13/h3-8,14-15H,9-10,18H2,1-2H3/t14-,15+/m0/s1. The van der Waals surface area contributed by atoms with Crippen LogP contribution in [0.2, 0.25) is 0 Å². The van der Waals surface area contributed by atoms with Crippen LogP contribution in [0.3, 0.4) is 0 Å². The van der Waals surface area contributed by atoms with E-state index in [1.807, 2.05) is 36.1 Å². The summed E-state index contributed by atoms with van der Waals surface area (Å²) in [6, 6.07) is 12.2. The summed E-state index contributed by atoms with van der Waals surface area (Å²) in [7, 11) is 0. The third-order valence-electron chi connectivity index (χ3n) is 4.26. The third kappa shape index (κ3) is 2.74. The van der Waals surface area contributed by atoms with Crippen LogP contribution < -0.4 is 5.73 Å². The summed E-state index contributed by atoms with van der Waals surface area (Å²) in [6.07, 6.45) is 0. The number of amides is 1. The molecule has 0 saturated carbocycles. The van der Waals surface area contributed by atoms with Crippen molar-refractivity contribution in [2.45, 2.75) is 25.8 Å². The molecular formula is C17H20N2OS.